The van der Waals surface area contributed by atoms with Crippen molar-refractivity contribution in [1.82, 2.24) is 20.4 Å². The average molecular weight is 453 g/mol. The van der Waals surface area contributed by atoms with Gasteiger partial charge in [-0.05, 0) is 60.2 Å². The molecule has 1 aliphatic heterocycles. The summed E-state index contributed by atoms with van der Waals surface area (Å²) < 4.78 is 0. The molecule has 1 unspecified atom stereocenters. The van der Waals surface area contributed by atoms with Gasteiger partial charge in [0, 0.05) is 38.3 Å². The summed E-state index contributed by atoms with van der Waals surface area (Å²) in [7, 11) is 4.03. The fraction of sp³-hybridized carbons (Fsp3) is 0.944. The van der Waals surface area contributed by atoms with Gasteiger partial charge >= 0.3 is 0 Å². The summed E-state index contributed by atoms with van der Waals surface area (Å²) in [5.41, 5.74) is 0.172. The molecule has 144 valence electrons. The lowest BCUT2D eigenvalue weighted by Crippen LogP contribution is -2.55. The molecular formula is C18H40IN5. The zero-order chi connectivity index (χ0) is 17.3. The van der Waals surface area contributed by atoms with Gasteiger partial charge in [0.25, 0.3) is 0 Å². The number of aliphatic imine (C=N–C) groups is 1. The zero-order valence-electron chi connectivity index (χ0n) is 16.7. The maximum atomic E-state index is 4.36. The van der Waals surface area contributed by atoms with Gasteiger partial charge in [-0.25, -0.2) is 0 Å². The largest absolute Gasteiger partial charge is 0.355 e. The van der Waals surface area contributed by atoms with E-state index in [0.29, 0.717) is 6.04 Å². The molecule has 1 heterocycles. The molecule has 1 fully saturated rings. The van der Waals surface area contributed by atoms with E-state index in [4.69, 9.17) is 0 Å². The number of hydrogen-bond donors (Lipinski definition) is 2. The lowest BCUT2D eigenvalue weighted by molar-refractivity contribution is 0.0982. The number of likely N-dealkylation sites (tertiary alicyclic amines) is 1. The molecule has 0 spiro atoms. The molecular weight excluding hydrogens is 413 g/mol. The molecule has 1 rings (SSSR count). The van der Waals surface area contributed by atoms with E-state index < -0.39 is 0 Å². The van der Waals surface area contributed by atoms with Gasteiger partial charge in [0.05, 0.1) is 0 Å². The van der Waals surface area contributed by atoms with E-state index in [9.17, 15) is 0 Å². The Bertz CT molecular complexity index is 353. The number of hydrogen-bond acceptors (Lipinski definition) is 3. The molecule has 0 radical (unpaired) electrons. The molecule has 0 aromatic carbocycles. The summed E-state index contributed by atoms with van der Waals surface area (Å²) in [6, 6.07) is 0.629. The number of guanidine groups is 1. The Labute approximate surface area is 167 Å². The Hall–Kier alpha value is -0.0800. The van der Waals surface area contributed by atoms with E-state index in [1.54, 1.807) is 0 Å². The van der Waals surface area contributed by atoms with E-state index in [1.807, 2.05) is 7.05 Å². The molecule has 0 bridgehead atoms. The number of piperidine rings is 1. The van der Waals surface area contributed by atoms with Crippen LogP contribution in [0.2, 0.25) is 0 Å². The Balaban J connectivity index is 0.00000529. The summed E-state index contributed by atoms with van der Waals surface area (Å²) >= 11 is 0. The SMILES string of the molecule is CCC(C)N(C)CCNC(=NC)NCC(C)(C)N1CCCCC1.I. The fourth-order valence-electron chi connectivity index (χ4n) is 3.01. The average Bonchev–Trinajstić information content (AvgIpc) is 2.57. The van der Waals surface area contributed by atoms with Gasteiger partial charge in [0.15, 0.2) is 5.96 Å². The number of likely N-dealkylation sites (N-methyl/N-ethyl adjacent to an activating group) is 1. The van der Waals surface area contributed by atoms with E-state index in [1.165, 1.54) is 38.8 Å². The Morgan fingerprint density at radius 2 is 1.83 bits per heavy atom. The molecule has 0 aliphatic carbocycles. The smallest absolute Gasteiger partial charge is 0.191 e. The quantitative estimate of drug-likeness (QED) is 0.337. The van der Waals surface area contributed by atoms with Crippen molar-refractivity contribution in [3.8, 4) is 0 Å². The van der Waals surface area contributed by atoms with Crippen LogP contribution in [0, 0.1) is 0 Å². The van der Waals surface area contributed by atoms with Gasteiger partial charge in [0.1, 0.15) is 0 Å². The molecule has 1 aliphatic rings. The zero-order valence-corrected chi connectivity index (χ0v) is 19.0. The molecule has 24 heavy (non-hydrogen) atoms. The van der Waals surface area contributed by atoms with Crippen LogP contribution in [0.4, 0.5) is 0 Å². The minimum absolute atomic E-state index is 0. The van der Waals surface area contributed by atoms with Crippen molar-refractivity contribution in [1.29, 1.82) is 0 Å². The standard InChI is InChI=1S/C18H39N5.HI/c1-7-16(2)22(6)14-11-20-17(19-5)21-15-18(3,4)23-12-9-8-10-13-23;/h16H,7-15H2,1-6H3,(H2,19,20,21);1H. The molecule has 2 N–H and O–H groups in total. The van der Waals surface area contributed by atoms with Crippen molar-refractivity contribution in [3.63, 3.8) is 0 Å². The van der Waals surface area contributed by atoms with Crippen LogP contribution < -0.4 is 10.6 Å². The first-order valence-corrected chi connectivity index (χ1v) is 9.30. The molecule has 0 amide bonds. The van der Waals surface area contributed by atoms with Crippen LogP contribution in [-0.2, 0) is 0 Å². The maximum Gasteiger partial charge on any atom is 0.191 e. The molecule has 0 saturated carbocycles. The minimum Gasteiger partial charge on any atom is -0.355 e. The van der Waals surface area contributed by atoms with E-state index >= 15 is 0 Å². The van der Waals surface area contributed by atoms with E-state index in [-0.39, 0.29) is 29.5 Å². The van der Waals surface area contributed by atoms with Crippen molar-refractivity contribution in [2.24, 2.45) is 4.99 Å². The number of rotatable bonds is 8. The highest BCUT2D eigenvalue weighted by atomic mass is 127. The molecule has 6 heteroatoms. The van der Waals surface area contributed by atoms with Crippen LogP contribution in [0.3, 0.4) is 0 Å². The second-order valence-electron chi connectivity index (χ2n) is 7.45. The van der Waals surface area contributed by atoms with Gasteiger partial charge in [-0.2, -0.15) is 0 Å². The lowest BCUT2D eigenvalue weighted by Gasteiger charge is -2.41. The lowest BCUT2D eigenvalue weighted by atomic mass is 9.98. The van der Waals surface area contributed by atoms with E-state index in [2.05, 4.69) is 60.2 Å². The Morgan fingerprint density at radius 3 is 2.38 bits per heavy atom. The first-order chi connectivity index (χ1) is 10.9. The Kier molecular flexibility index (Phi) is 12.3. The van der Waals surface area contributed by atoms with Crippen LogP contribution in [0.1, 0.15) is 53.4 Å². The van der Waals surface area contributed by atoms with Crippen molar-refractivity contribution in [2.75, 3.05) is 46.8 Å². The first kappa shape index (κ1) is 23.9. The van der Waals surface area contributed by atoms with Crippen LogP contribution in [0.25, 0.3) is 0 Å². The monoisotopic (exact) mass is 453 g/mol. The highest BCUT2D eigenvalue weighted by Crippen LogP contribution is 2.19. The molecule has 5 nitrogen and oxygen atoms in total. The number of nitrogens with one attached hydrogen (secondary N) is 2. The molecule has 0 aromatic heterocycles. The van der Waals surface area contributed by atoms with Crippen molar-refractivity contribution >= 4 is 29.9 Å². The van der Waals surface area contributed by atoms with Crippen molar-refractivity contribution in [3.05, 3.63) is 0 Å². The summed E-state index contributed by atoms with van der Waals surface area (Å²) in [4.78, 5) is 9.35. The summed E-state index contributed by atoms with van der Waals surface area (Å²) in [5, 5.41) is 6.94. The molecule has 1 atom stereocenters. The summed E-state index contributed by atoms with van der Waals surface area (Å²) in [6.45, 7) is 14.5. The summed E-state index contributed by atoms with van der Waals surface area (Å²) in [5.74, 6) is 0.910. The van der Waals surface area contributed by atoms with Crippen molar-refractivity contribution in [2.45, 2.75) is 65.0 Å². The minimum atomic E-state index is 0. The molecule has 1 saturated heterocycles. The summed E-state index contributed by atoms with van der Waals surface area (Å²) in [6.07, 6.45) is 5.23. The second kappa shape index (κ2) is 12.3. The maximum absolute atomic E-state index is 4.36. The fourth-order valence-corrected chi connectivity index (χ4v) is 3.01. The number of nitrogens with zero attached hydrogens (tertiary/aromatic N) is 3. The Morgan fingerprint density at radius 1 is 1.21 bits per heavy atom. The molecule has 0 aromatic rings. The first-order valence-electron chi connectivity index (χ1n) is 9.30. The number of halogens is 1. The predicted octanol–water partition coefficient (Wildman–Crippen LogP) is 2.76. The van der Waals surface area contributed by atoms with Gasteiger partial charge in [-0.15, -0.1) is 24.0 Å². The van der Waals surface area contributed by atoms with Crippen LogP contribution >= 0.6 is 24.0 Å². The van der Waals surface area contributed by atoms with Crippen LogP contribution in [-0.4, -0.2) is 74.2 Å². The highest BCUT2D eigenvalue weighted by molar-refractivity contribution is 14.0. The van der Waals surface area contributed by atoms with Crippen LogP contribution in [0.15, 0.2) is 4.99 Å². The predicted molar refractivity (Wildman–Crippen MR) is 117 cm³/mol. The third kappa shape index (κ3) is 8.34. The van der Waals surface area contributed by atoms with Gasteiger partial charge < -0.3 is 15.5 Å². The van der Waals surface area contributed by atoms with E-state index in [0.717, 1.165) is 25.6 Å². The van der Waals surface area contributed by atoms with Gasteiger partial charge in [0.2, 0.25) is 0 Å². The third-order valence-corrected chi connectivity index (χ3v) is 5.22. The highest BCUT2D eigenvalue weighted by Gasteiger charge is 2.27. The van der Waals surface area contributed by atoms with Gasteiger partial charge in [-0.1, -0.05) is 13.3 Å². The topological polar surface area (TPSA) is 42.9 Å². The van der Waals surface area contributed by atoms with Crippen LogP contribution in [0.5, 0.6) is 0 Å². The van der Waals surface area contributed by atoms with Crippen molar-refractivity contribution < 1.29 is 0 Å². The second-order valence-corrected chi connectivity index (χ2v) is 7.45. The van der Waals surface area contributed by atoms with Gasteiger partial charge in [-0.3, -0.25) is 9.89 Å². The normalized spacial score (nSPS) is 18.2. The third-order valence-electron chi connectivity index (χ3n) is 5.22.